The third kappa shape index (κ3) is 4.98. The summed E-state index contributed by atoms with van der Waals surface area (Å²) in [6.07, 6.45) is -0.178. The van der Waals surface area contributed by atoms with E-state index in [0.29, 0.717) is 6.61 Å². The first-order valence-electron chi connectivity index (χ1n) is 2.87. The summed E-state index contributed by atoms with van der Waals surface area (Å²) in [5.74, 6) is 0. The molecule has 0 aliphatic carbocycles. The van der Waals surface area contributed by atoms with E-state index < -0.39 is 12.6 Å². The normalized spacial score (nSPS) is 16.3. The van der Waals surface area contributed by atoms with Crippen LogP contribution < -0.4 is 0 Å². The van der Waals surface area contributed by atoms with Crippen molar-refractivity contribution in [1.82, 2.24) is 0 Å². The monoisotopic (exact) mass is 184 g/mol. The van der Waals surface area contributed by atoms with Gasteiger partial charge in [0.05, 0.1) is 12.8 Å². The first-order chi connectivity index (χ1) is 4.48. The standard InChI is InChI=1S/C5H10ClO3P/c1-3-9-10(2,8)4-5(6)7/h3-4H2,1-2H3. The largest absolute Gasteiger partial charge is 0.329 e. The van der Waals surface area contributed by atoms with Gasteiger partial charge in [-0.05, 0) is 18.5 Å². The number of carbonyl (C=O) groups is 1. The van der Waals surface area contributed by atoms with Crippen molar-refractivity contribution in [1.29, 1.82) is 0 Å². The van der Waals surface area contributed by atoms with Gasteiger partial charge in [0.25, 0.3) is 0 Å². The molecule has 0 aliphatic rings. The maximum absolute atomic E-state index is 11.1. The fraction of sp³-hybridized carbons (Fsp3) is 0.800. The first-order valence-corrected chi connectivity index (χ1v) is 5.51. The maximum atomic E-state index is 11.1. The molecule has 10 heavy (non-hydrogen) atoms. The van der Waals surface area contributed by atoms with Gasteiger partial charge < -0.3 is 4.52 Å². The lowest BCUT2D eigenvalue weighted by Gasteiger charge is -2.08. The van der Waals surface area contributed by atoms with Crippen molar-refractivity contribution in [2.24, 2.45) is 0 Å². The molecule has 0 saturated heterocycles. The molecule has 0 aliphatic heterocycles. The number of hydrogen-bond donors (Lipinski definition) is 0. The minimum absolute atomic E-state index is 0.178. The van der Waals surface area contributed by atoms with Crippen molar-refractivity contribution in [3.63, 3.8) is 0 Å². The molecule has 0 rings (SSSR count). The lowest BCUT2D eigenvalue weighted by atomic mass is 10.9. The number of carbonyl (C=O) groups excluding carboxylic acids is 1. The third-order valence-corrected chi connectivity index (χ3v) is 2.80. The molecule has 0 heterocycles. The van der Waals surface area contributed by atoms with Crippen LogP contribution in [0.1, 0.15) is 6.92 Å². The Hall–Kier alpha value is 0.150. The van der Waals surface area contributed by atoms with Crippen molar-refractivity contribution in [2.75, 3.05) is 19.4 Å². The molecule has 5 heteroatoms. The SMILES string of the molecule is CCOP(C)(=O)CC(=O)Cl. The summed E-state index contributed by atoms with van der Waals surface area (Å²) in [5.41, 5.74) is 0. The van der Waals surface area contributed by atoms with Crippen LogP contribution in [0.2, 0.25) is 0 Å². The maximum Gasteiger partial charge on any atom is 0.231 e. The van der Waals surface area contributed by atoms with Gasteiger partial charge in [0.2, 0.25) is 12.6 Å². The van der Waals surface area contributed by atoms with E-state index in [9.17, 15) is 9.36 Å². The highest BCUT2D eigenvalue weighted by atomic mass is 35.5. The lowest BCUT2D eigenvalue weighted by Crippen LogP contribution is -1.99. The van der Waals surface area contributed by atoms with Crippen LogP contribution in [0, 0.1) is 0 Å². The van der Waals surface area contributed by atoms with E-state index in [4.69, 9.17) is 16.1 Å². The Morgan fingerprint density at radius 3 is 2.50 bits per heavy atom. The van der Waals surface area contributed by atoms with Crippen LogP contribution in [-0.2, 0) is 13.9 Å². The molecule has 3 nitrogen and oxygen atoms in total. The smallest absolute Gasteiger partial charge is 0.231 e. The van der Waals surface area contributed by atoms with E-state index in [1.807, 2.05) is 0 Å². The number of halogens is 1. The van der Waals surface area contributed by atoms with Crippen molar-refractivity contribution >= 4 is 24.2 Å². The molecule has 0 fully saturated rings. The van der Waals surface area contributed by atoms with Crippen LogP contribution >= 0.6 is 19.0 Å². The molecule has 60 valence electrons. The molecule has 0 aromatic heterocycles. The van der Waals surface area contributed by atoms with Crippen molar-refractivity contribution in [3.8, 4) is 0 Å². The molecule has 0 aromatic carbocycles. The minimum atomic E-state index is -2.73. The van der Waals surface area contributed by atoms with Gasteiger partial charge in [-0.3, -0.25) is 9.36 Å². The van der Waals surface area contributed by atoms with Gasteiger partial charge in [-0.2, -0.15) is 0 Å². The summed E-state index contributed by atoms with van der Waals surface area (Å²) in [7, 11) is -2.73. The average molecular weight is 185 g/mol. The molecule has 0 bridgehead atoms. The third-order valence-electron chi connectivity index (χ3n) is 0.814. The molecular formula is C5H10ClO3P. The van der Waals surface area contributed by atoms with Gasteiger partial charge in [0, 0.05) is 6.66 Å². The summed E-state index contributed by atoms with van der Waals surface area (Å²) >= 11 is 5.01. The van der Waals surface area contributed by atoms with E-state index in [2.05, 4.69) is 0 Å². The van der Waals surface area contributed by atoms with E-state index in [1.165, 1.54) is 6.66 Å². The fourth-order valence-electron chi connectivity index (χ4n) is 0.545. The predicted molar refractivity (Wildman–Crippen MR) is 40.9 cm³/mol. The molecule has 0 spiro atoms. The Morgan fingerprint density at radius 1 is 1.70 bits per heavy atom. The highest BCUT2D eigenvalue weighted by Crippen LogP contribution is 2.42. The Balaban J connectivity index is 3.87. The Bertz CT molecular complexity index is 168. The van der Waals surface area contributed by atoms with Gasteiger partial charge >= 0.3 is 0 Å². The average Bonchev–Trinajstić information content (AvgIpc) is 1.59. The topological polar surface area (TPSA) is 43.4 Å². The van der Waals surface area contributed by atoms with Crippen LogP contribution in [0.15, 0.2) is 0 Å². The number of hydrogen-bond acceptors (Lipinski definition) is 3. The van der Waals surface area contributed by atoms with Crippen LogP contribution in [-0.4, -0.2) is 24.7 Å². The highest BCUT2D eigenvalue weighted by molar-refractivity contribution is 7.59. The van der Waals surface area contributed by atoms with E-state index in [1.54, 1.807) is 6.92 Å². The fourth-order valence-corrected chi connectivity index (χ4v) is 2.28. The summed E-state index contributed by atoms with van der Waals surface area (Å²) in [5, 5.41) is -0.612. The van der Waals surface area contributed by atoms with E-state index >= 15 is 0 Å². The predicted octanol–water partition coefficient (Wildman–Crippen LogP) is 1.70. The van der Waals surface area contributed by atoms with E-state index in [-0.39, 0.29) is 6.16 Å². The van der Waals surface area contributed by atoms with Gasteiger partial charge in [-0.25, -0.2) is 0 Å². The molecule has 1 atom stereocenters. The molecule has 0 aromatic rings. The zero-order valence-electron chi connectivity index (χ0n) is 5.96. The summed E-state index contributed by atoms with van der Waals surface area (Å²) in [4.78, 5) is 10.2. The van der Waals surface area contributed by atoms with Crippen LogP contribution in [0.25, 0.3) is 0 Å². The second-order valence-corrected chi connectivity index (χ2v) is 4.97. The van der Waals surface area contributed by atoms with Crippen LogP contribution in [0.5, 0.6) is 0 Å². The van der Waals surface area contributed by atoms with Crippen molar-refractivity contribution in [3.05, 3.63) is 0 Å². The van der Waals surface area contributed by atoms with Crippen molar-refractivity contribution in [2.45, 2.75) is 6.92 Å². The molecule has 0 amide bonds. The van der Waals surface area contributed by atoms with Gasteiger partial charge in [0.15, 0.2) is 0 Å². The Kier molecular flexibility index (Phi) is 4.18. The molecular weight excluding hydrogens is 174 g/mol. The Labute approximate surface area is 65.2 Å². The van der Waals surface area contributed by atoms with Crippen LogP contribution in [0.4, 0.5) is 0 Å². The second kappa shape index (κ2) is 4.12. The summed E-state index contributed by atoms with van der Waals surface area (Å²) in [6, 6.07) is 0. The molecule has 1 unspecified atom stereocenters. The molecule has 0 N–H and O–H groups in total. The Morgan fingerprint density at radius 2 is 2.20 bits per heavy atom. The van der Waals surface area contributed by atoms with E-state index in [0.717, 1.165) is 0 Å². The summed E-state index contributed by atoms with van der Waals surface area (Å²) < 4.78 is 15.9. The number of rotatable bonds is 4. The molecule has 0 radical (unpaired) electrons. The highest BCUT2D eigenvalue weighted by Gasteiger charge is 2.18. The minimum Gasteiger partial charge on any atom is -0.329 e. The zero-order chi connectivity index (χ0) is 8.20. The zero-order valence-corrected chi connectivity index (χ0v) is 7.61. The second-order valence-electron chi connectivity index (χ2n) is 1.95. The molecule has 0 saturated carbocycles. The van der Waals surface area contributed by atoms with Crippen molar-refractivity contribution < 1.29 is 13.9 Å². The van der Waals surface area contributed by atoms with Gasteiger partial charge in [-0.1, -0.05) is 0 Å². The van der Waals surface area contributed by atoms with Gasteiger partial charge in [0.1, 0.15) is 0 Å². The summed E-state index contributed by atoms with van der Waals surface area (Å²) in [6.45, 7) is 3.46. The quantitative estimate of drug-likeness (QED) is 0.493. The van der Waals surface area contributed by atoms with Gasteiger partial charge in [-0.15, -0.1) is 0 Å². The van der Waals surface area contributed by atoms with Crippen LogP contribution in [0.3, 0.4) is 0 Å². The first kappa shape index (κ1) is 10.2. The lowest BCUT2D eigenvalue weighted by molar-refractivity contribution is -0.109.